The second-order valence-corrected chi connectivity index (χ2v) is 6.04. The van der Waals surface area contributed by atoms with Crippen molar-refractivity contribution in [2.45, 2.75) is 83.3 Å². The van der Waals surface area contributed by atoms with Crippen LogP contribution in [-0.4, -0.2) is 33.5 Å². The summed E-state index contributed by atoms with van der Waals surface area (Å²) < 4.78 is 0. The maximum Gasteiger partial charge on any atom is 0.303 e. The molecule has 4 nitrogen and oxygen atoms in total. The number of aliphatic hydroxyl groups is 2. The fourth-order valence-corrected chi connectivity index (χ4v) is 2.19. The topological polar surface area (TPSA) is 77.8 Å². The molecule has 0 aliphatic carbocycles. The number of carboxylic acid groups (broad SMARTS) is 1. The van der Waals surface area contributed by atoms with Gasteiger partial charge in [0, 0.05) is 6.42 Å². The second-order valence-electron chi connectivity index (χ2n) is 6.04. The molecule has 0 aromatic rings. The molecule has 0 rings (SSSR count). The second kappa shape index (κ2) is 16.5. The molecule has 24 heavy (non-hydrogen) atoms. The number of allylic oxidation sites excluding steroid dienone is 6. The van der Waals surface area contributed by atoms with Crippen molar-refractivity contribution in [1.29, 1.82) is 0 Å². The van der Waals surface area contributed by atoms with Crippen LogP contribution < -0.4 is 0 Å². The molecular formula is C20H34O4. The molecule has 0 heterocycles. The molecule has 2 atom stereocenters. The molecule has 0 aromatic heterocycles. The Morgan fingerprint density at radius 2 is 1.33 bits per heavy atom. The first kappa shape index (κ1) is 22.6. The normalized spacial score (nSPS) is 14.8. The molecule has 0 aliphatic heterocycles. The molecule has 138 valence electrons. The van der Waals surface area contributed by atoms with Crippen molar-refractivity contribution in [2.75, 3.05) is 0 Å². The summed E-state index contributed by atoms with van der Waals surface area (Å²) in [6, 6.07) is 0. The minimum absolute atomic E-state index is 0.130. The van der Waals surface area contributed by atoms with Crippen molar-refractivity contribution in [1.82, 2.24) is 0 Å². The highest BCUT2D eigenvalue weighted by atomic mass is 16.4. The van der Waals surface area contributed by atoms with E-state index in [1.54, 1.807) is 0 Å². The van der Waals surface area contributed by atoms with Gasteiger partial charge in [0.2, 0.25) is 0 Å². The van der Waals surface area contributed by atoms with E-state index in [2.05, 4.69) is 36.5 Å². The lowest BCUT2D eigenvalue weighted by Crippen LogP contribution is -2.06. The molecule has 3 N–H and O–H groups in total. The molecule has 0 aromatic carbocycles. The summed E-state index contributed by atoms with van der Waals surface area (Å²) in [5.74, 6) is -0.803. The summed E-state index contributed by atoms with van der Waals surface area (Å²) in [4.78, 5) is 10.4. The average molecular weight is 338 g/mol. The van der Waals surface area contributed by atoms with Crippen LogP contribution >= 0.6 is 0 Å². The lowest BCUT2D eigenvalue weighted by Gasteiger charge is -2.07. The molecule has 0 fully saturated rings. The van der Waals surface area contributed by atoms with Gasteiger partial charge in [0.25, 0.3) is 0 Å². The van der Waals surface area contributed by atoms with Gasteiger partial charge in [0.15, 0.2) is 0 Å². The van der Waals surface area contributed by atoms with Crippen LogP contribution in [0, 0.1) is 0 Å². The summed E-state index contributed by atoms with van der Waals surface area (Å²) in [7, 11) is 0. The van der Waals surface area contributed by atoms with E-state index in [4.69, 9.17) is 5.11 Å². The van der Waals surface area contributed by atoms with Gasteiger partial charge in [-0.25, -0.2) is 0 Å². The third kappa shape index (κ3) is 17.0. The van der Waals surface area contributed by atoms with E-state index in [-0.39, 0.29) is 12.5 Å². The van der Waals surface area contributed by atoms with Crippen molar-refractivity contribution in [3.8, 4) is 0 Å². The molecule has 0 radical (unpaired) electrons. The lowest BCUT2D eigenvalue weighted by molar-refractivity contribution is -0.137. The van der Waals surface area contributed by atoms with Crippen molar-refractivity contribution < 1.29 is 20.1 Å². The lowest BCUT2D eigenvalue weighted by atomic mass is 10.1. The van der Waals surface area contributed by atoms with Crippen LogP contribution in [0.25, 0.3) is 0 Å². The Hall–Kier alpha value is -1.39. The van der Waals surface area contributed by atoms with E-state index in [9.17, 15) is 15.0 Å². The Balaban J connectivity index is 3.50. The predicted octanol–water partition coefficient (Wildman–Crippen LogP) is 4.38. The highest BCUT2D eigenvalue weighted by Gasteiger charge is 2.04. The smallest absolute Gasteiger partial charge is 0.303 e. The first-order valence-corrected chi connectivity index (χ1v) is 9.09. The van der Waals surface area contributed by atoms with E-state index in [1.165, 1.54) is 0 Å². The van der Waals surface area contributed by atoms with Gasteiger partial charge in [-0.15, -0.1) is 0 Å². The number of carboxylic acids is 1. The van der Waals surface area contributed by atoms with E-state index in [0.717, 1.165) is 38.5 Å². The SMILES string of the molecule is CCC(O)CC/C=C\C/C=C\C/C=C\CCC(O)CCCC(=O)O. The summed E-state index contributed by atoms with van der Waals surface area (Å²) >= 11 is 0. The number of aliphatic hydroxyl groups excluding tert-OH is 2. The molecule has 0 saturated heterocycles. The van der Waals surface area contributed by atoms with Crippen molar-refractivity contribution >= 4 is 5.97 Å². The standard InChI is InChI=1S/C20H34O4/c1-2-18(21)14-11-9-7-5-3-4-6-8-10-12-15-19(22)16-13-17-20(23)24/h3-4,7-10,18-19,21-22H,2,5-6,11-17H2,1H3,(H,23,24)/b4-3-,9-7-,10-8-. The molecule has 0 bridgehead atoms. The van der Waals surface area contributed by atoms with Gasteiger partial charge in [-0.05, 0) is 57.8 Å². The van der Waals surface area contributed by atoms with Gasteiger partial charge >= 0.3 is 5.97 Å². The van der Waals surface area contributed by atoms with Crippen molar-refractivity contribution in [3.05, 3.63) is 36.5 Å². The number of hydrogen-bond donors (Lipinski definition) is 3. The van der Waals surface area contributed by atoms with Crippen LogP contribution in [0.5, 0.6) is 0 Å². The Morgan fingerprint density at radius 1 is 0.833 bits per heavy atom. The number of aliphatic carboxylic acids is 1. The Kier molecular flexibility index (Phi) is 15.5. The first-order chi connectivity index (χ1) is 11.6. The van der Waals surface area contributed by atoms with E-state index in [1.807, 2.05) is 6.92 Å². The van der Waals surface area contributed by atoms with Gasteiger partial charge in [0.05, 0.1) is 12.2 Å². The van der Waals surface area contributed by atoms with Gasteiger partial charge < -0.3 is 15.3 Å². The maximum absolute atomic E-state index is 10.4. The monoisotopic (exact) mass is 338 g/mol. The van der Waals surface area contributed by atoms with Gasteiger partial charge in [-0.2, -0.15) is 0 Å². The Morgan fingerprint density at radius 3 is 1.83 bits per heavy atom. The van der Waals surface area contributed by atoms with Gasteiger partial charge in [-0.3, -0.25) is 4.79 Å². The molecule has 0 spiro atoms. The zero-order chi connectivity index (χ0) is 18.0. The minimum atomic E-state index is -0.803. The summed E-state index contributed by atoms with van der Waals surface area (Å²) in [6.07, 6.45) is 19.2. The average Bonchev–Trinajstić information content (AvgIpc) is 2.55. The highest BCUT2D eigenvalue weighted by molar-refractivity contribution is 5.66. The zero-order valence-electron chi connectivity index (χ0n) is 14.9. The highest BCUT2D eigenvalue weighted by Crippen LogP contribution is 2.08. The third-order valence-corrected chi connectivity index (χ3v) is 3.78. The van der Waals surface area contributed by atoms with Crippen LogP contribution in [0.2, 0.25) is 0 Å². The van der Waals surface area contributed by atoms with Crippen LogP contribution in [0.1, 0.15) is 71.1 Å². The summed E-state index contributed by atoms with van der Waals surface area (Å²) in [5.41, 5.74) is 0. The van der Waals surface area contributed by atoms with Crippen LogP contribution in [0.3, 0.4) is 0 Å². The molecule has 0 saturated carbocycles. The fraction of sp³-hybridized carbons (Fsp3) is 0.650. The number of hydrogen-bond acceptors (Lipinski definition) is 3. The van der Waals surface area contributed by atoms with Crippen molar-refractivity contribution in [2.24, 2.45) is 0 Å². The predicted molar refractivity (Wildman–Crippen MR) is 98.9 cm³/mol. The van der Waals surface area contributed by atoms with Crippen LogP contribution in [0.4, 0.5) is 0 Å². The maximum atomic E-state index is 10.4. The Bertz CT molecular complexity index is 385. The van der Waals surface area contributed by atoms with E-state index >= 15 is 0 Å². The fourth-order valence-electron chi connectivity index (χ4n) is 2.19. The largest absolute Gasteiger partial charge is 0.481 e. The first-order valence-electron chi connectivity index (χ1n) is 9.09. The number of carbonyl (C=O) groups is 1. The summed E-state index contributed by atoms with van der Waals surface area (Å²) in [5, 5.41) is 27.6. The van der Waals surface area contributed by atoms with E-state index < -0.39 is 12.1 Å². The molecule has 0 aliphatic rings. The molecule has 4 heteroatoms. The molecule has 0 amide bonds. The summed E-state index contributed by atoms with van der Waals surface area (Å²) in [6.45, 7) is 1.99. The minimum Gasteiger partial charge on any atom is -0.481 e. The number of rotatable bonds is 15. The third-order valence-electron chi connectivity index (χ3n) is 3.78. The van der Waals surface area contributed by atoms with E-state index in [0.29, 0.717) is 19.3 Å². The quantitative estimate of drug-likeness (QED) is 0.387. The van der Waals surface area contributed by atoms with Crippen LogP contribution in [-0.2, 0) is 4.79 Å². The molecule has 2 unspecified atom stereocenters. The Labute approximate surface area is 146 Å². The van der Waals surface area contributed by atoms with Gasteiger partial charge in [-0.1, -0.05) is 43.4 Å². The van der Waals surface area contributed by atoms with Gasteiger partial charge in [0.1, 0.15) is 0 Å². The van der Waals surface area contributed by atoms with Crippen molar-refractivity contribution in [3.63, 3.8) is 0 Å². The van der Waals surface area contributed by atoms with Crippen LogP contribution in [0.15, 0.2) is 36.5 Å². The zero-order valence-corrected chi connectivity index (χ0v) is 14.9. The molecular weight excluding hydrogens is 304 g/mol.